The van der Waals surface area contributed by atoms with Gasteiger partial charge in [0.05, 0.1) is 5.69 Å². The maximum Gasteiger partial charge on any atom is 0.296 e. The van der Waals surface area contributed by atoms with Crippen molar-refractivity contribution in [1.29, 1.82) is 0 Å². The molecule has 3 rings (SSSR count). The van der Waals surface area contributed by atoms with Crippen LogP contribution in [0.4, 0.5) is 5.69 Å². The number of imide groups is 1. The molecule has 0 saturated carbocycles. The number of anilines is 1. The van der Waals surface area contributed by atoms with Crippen LogP contribution in [-0.2, 0) is 29.8 Å². The second-order valence-electron chi connectivity index (χ2n) is 12.7. The second kappa shape index (κ2) is 19.4. The van der Waals surface area contributed by atoms with Crippen LogP contribution in [-0.4, -0.2) is 37.8 Å². The van der Waals surface area contributed by atoms with Gasteiger partial charge in [0.1, 0.15) is 9.79 Å². The number of amides is 2. The highest BCUT2D eigenvalue weighted by atomic mass is 32.2. The summed E-state index contributed by atoms with van der Waals surface area (Å²) in [6.07, 6.45) is 25.9. The molecule has 47 heavy (non-hydrogen) atoms. The van der Waals surface area contributed by atoms with Crippen LogP contribution in [0, 0.1) is 0 Å². The predicted octanol–water partition coefficient (Wildman–Crippen LogP) is 9.43. The summed E-state index contributed by atoms with van der Waals surface area (Å²) in [5.74, 6) is -1.14. The molecule has 0 aromatic heterocycles. The van der Waals surface area contributed by atoms with Crippen molar-refractivity contribution in [2.75, 3.05) is 4.90 Å². The average Bonchev–Trinajstić information content (AvgIpc) is 3.35. The standard InChI is InChI=1S/C36H53NO8S2/c1-2-3-4-5-6-7-8-9-10-11-12-13-14-15-16-17-18-19-20-21-26-31-34(37-32(38)27-28-33(37)39)29-24-22-23-25-30(29)35(46(40,41)42)36(31)47(43,44)45/h21-26H,2-20,27-28H2,1H3,(H,40,41,42)(H,43,44,45)/b26-21+. The Morgan fingerprint density at radius 2 is 1.02 bits per heavy atom. The van der Waals surface area contributed by atoms with Crippen LogP contribution in [0.3, 0.4) is 0 Å². The molecule has 1 aliphatic rings. The molecule has 1 saturated heterocycles. The zero-order valence-electron chi connectivity index (χ0n) is 27.9. The number of rotatable bonds is 23. The number of unbranched alkanes of at least 4 members (excludes halogenated alkanes) is 18. The highest BCUT2D eigenvalue weighted by Gasteiger charge is 2.38. The number of carbonyl (C=O) groups excluding carboxylic acids is 2. The van der Waals surface area contributed by atoms with Crippen LogP contribution in [0.2, 0.25) is 0 Å². The predicted molar refractivity (Wildman–Crippen MR) is 188 cm³/mol. The van der Waals surface area contributed by atoms with E-state index in [9.17, 15) is 35.5 Å². The van der Waals surface area contributed by atoms with Gasteiger partial charge in [0, 0.05) is 29.2 Å². The van der Waals surface area contributed by atoms with Gasteiger partial charge in [-0.1, -0.05) is 152 Å². The van der Waals surface area contributed by atoms with Crippen molar-refractivity contribution in [2.45, 2.75) is 152 Å². The summed E-state index contributed by atoms with van der Waals surface area (Å²) in [4.78, 5) is 24.4. The van der Waals surface area contributed by atoms with Crippen molar-refractivity contribution < 1.29 is 35.5 Å². The van der Waals surface area contributed by atoms with Crippen molar-refractivity contribution >= 4 is 54.6 Å². The quantitative estimate of drug-likeness (QED) is 0.0666. The Morgan fingerprint density at radius 3 is 1.45 bits per heavy atom. The van der Waals surface area contributed by atoms with E-state index in [2.05, 4.69) is 6.92 Å². The van der Waals surface area contributed by atoms with Gasteiger partial charge in [0.25, 0.3) is 20.2 Å². The summed E-state index contributed by atoms with van der Waals surface area (Å²) < 4.78 is 70.6. The molecule has 262 valence electrons. The summed E-state index contributed by atoms with van der Waals surface area (Å²) in [6, 6.07) is 5.67. The second-order valence-corrected chi connectivity index (χ2v) is 15.5. The molecule has 0 spiro atoms. The first-order valence-corrected chi connectivity index (χ1v) is 20.4. The van der Waals surface area contributed by atoms with Crippen LogP contribution < -0.4 is 4.90 Å². The van der Waals surface area contributed by atoms with Gasteiger partial charge in [-0.3, -0.25) is 18.7 Å². The summed E-state index contributed by atoms with van der Waals surface area (Å²) >= 11 is 0. The van der Waals surface area contributed by atoms with Gasteiger partial charge in [-0.05, 0) is 12.8 Å². The fraction of sp³-hybridized carbons (Fsp3) is 0.611. The smallest absolute Gasteiger partial charge is 0.282 e. The minimum absolute atomic E-state index is 0.0864. The molecule has 1 heterocycles. The van der Waals surface area contributed by atoms with Crippen LogP contribution in [0.5, 0.6) is 0 Å². The first-order valence-electron chi connectivity index (χ1n) is 17.5. The molecule has 0 unspecified atom stereocenters. The number of hydrogen-bond donors (Lipinski definition) is 2. The summed E-state index contributed by atoms with van der Waals surface area (Å²) in [6.45, 7) is 2.25. The molecule has 11 heteroatoms. The number of allylic oxidation sites excluding steroid dienone is 1. The summed E-state index contributed by atoms with van der Waals surface area (Å²) in [5, 5.41) is -0.144. The zero-order chi connectivity index (χ0) is 34.3. The molecule has 9 nitrogen and oxygen atoms in total. The lowest BCUT2D eigenvalue weighted by Gasteiger charge is -2.23. The van der Waals surface area contributed by atoms with Crippen molar-refractivity contribution in [2.24, 2.45) is 0 Å². The van der Waals surface area contributed by atoms with Crippen LogP contribution in [0.25, 0.3) is 16.8 Å². The van der Waals surface area contributed by atoms with Crippen molar-refractivity contribution in [3.05, 3.63) is 35.9 Å². The third-order valence-corrected chi connectivity index (χ3v) is 10.9. The van der Waals surface area contributed by atoms with Crippen molar-refractivity contribution in [3.63, 3.8) is 0 Å². The van der Waals surface area contributed by atoms with E-state index in [1.807, 2.05) is 0 Å². The van der Waals surface area contributed by atoms with E-state index < -0.39 is 41.8 Å². The van der Waals surface area contributed by atoms with Crippen LogP contribution in [0.1, 0.15) is 147 Å². The molecule has 1 fully saturated rings. The maximum absolute atomic E-state index is 12.8. The summed E-state index contributed by atoms with van der Waals surface area (Å²) in [5.41, 5.74) is -0.452. The highest BCUT2D eigenvalue weighted by molar-refractivity contribution is 7.89. The number of nitrogens with zero attached hydrogens (tertiary/aromatic N) is 1. The SMILES string of the molecule is CCCCCCCCCCCCCCCCCCCC/C=C/c1c(S(=O)(=O)O)c(S(=O)(=O)O)c2ccccc2c1N1C(=O)CCC1=O. The molecular weight excluding hydrogens is 639 g/mol. The molecule has 2 aromatic rings. The lowest BCUT2D eigenvalue weighted by atomic mass is 10.0. The van der Waals surface area contributed by atoms with E-state index in [1.54, 1.807) is 12.1 Å². The Balaban J connectivity index is 1.54. The van der Waals surface area contributed by atoms with Gasteiger partial charge in [0.2, 0.25) is 11.8 Å². The van der Waals surface area contributed by atoms with Crippen molar-refractivity contribution in [3.8, 4) is 0 Å². The van der Waals surface area contributed by atoms with Gasteiger partial charge >= 0.3 is 0 Å². The zero-order valence-corrected chi connectivity index (χ0v) is 29.6. The monoisotopic (exact) mass is 691 g/mol. The number of carbonyl (C=O) groups is 2. The molecule has 0 atom stereocenters. The molecule has 2 aromatic carbocycles. The Labute approximate surface area is 281 Å². The molecule has 2 N–H and O–H groups in total. The Bertz CT molecular complexity index is 1570. The molecular formula is C36H53NO8S2. The van der Waals surface area contributed by atoms with E-state index in [0.29, 0.717) is 6.42 Å². The molecule has 0 bridgehead atoms. The Kier molecular flexibility index (Phi) is 16.0. The third kappa shape index (κ3) is 11.8. The first-order chi connectivity index (χ1) is 22.5. The minimum atomic E-state index is -5.24. The Hall–Kier alpha value is -2.60. The lowest BCUT2D eigenvalue weighted by molar-refractivity contribution is -0.121. The van der Waals surface area contributed by atoms with E-state index in [0.717, 1.165) is 30.6 Å². The fourth-order valence-electron chi connectivity index (χ4n) is 6.48. The van der Waals surface area contributed by atoms with Crippen LogP contribution >= 0.6 is 0 Å². The number of hydrogen-bond acceptors (Lipinski definition) is 6. The topological polar surface area (TPSA) is 146 Å². The summed E-state index contributed by atoms with van der Waals surface area (Å²) in [7, 11) is -10.4. The number of benzene rings is 2. The van der Waals surface area contributed by atoms with Gasteiger partial charge in [-0.2, -0.15) is 16.8 Å². The van der Waals surface area contributed by atoms with E-state index in [1.165, 1.54) is 114 Å². The molecule has 0 aliphatic carbocycles. The van der Waals surface area contributed by atoms with E-state index >= 15 is 0 Å². The van der Waals surface area contributed by atoms with Gasteiger partial charge in [0.15, 0.2) is 0 Å². The first kappa shape index (κ1) is 38.8. The van der Waals surface area contributed by atoms with Gasteiger partial charge in [-0.15, -0.1) is 0 Å². The third-order valence-electron chi connectivity index (χ3n) is 8.93. The van der Waals surface area contributed by atoms with Gasteiger partial charge in [-0.25, -0.2) is 4.90 Å². The highest BCUT2D eigenvalue weighted by Crippen LogP contribution is 2.43. The largest absolute Gasteiger partial charge is 0.296 e. The lowest BCUT2D eigenvalue weighted by Crippen LogP contribution is -2.30. The normalized spacial score (nSPS) is 14.3. The minimum Gasteiger partial charge on any atom is -0.282 e. The molecule has 0 radical (unpaired) electrons. The molecule has 1 aliphatic heterocycles. The maximum atomic E-state index is 12.8. The van der Waals surface area contributed by atoms with Gasteiger partial charge < -0.3 is 0 Å². The van der Waals surface area contributed by atoms with E-state index in [4.69, 9.17) is 0 Å². The van der Waals surface area contributed by atoms with E-state index in [-0.39, 0.29) is 34.9 Å². The van der Waals surface area contributed by atoms with Crippen LogP contribution in [0.15, 0.2) is 40.1 Å². The van der Waals surface area contributed by atoms with Crippen molar-refractivity contribution in [1.82, 2.24) is 0 Å². The fourth-order valence-corrected chi connectivity index (χ4v) is 8.70. The molecule has 2 amide bonds. The Morgan fingerprint density at radius 1 is 0.617 bits per heavy atom. The average molecular weight is 692 g/mol. The number of fused-ring (bicyclic) bond motifs is 1.